The van der Waals surface area contributed by atoms with Crippen molar-refractivity contribution < 1.29 is 9.59 Å². The fourth-order valence-corrected chi connectivity index (χ4v) is 3.21. The van der Waals surface area contributed by atoms with Gasteiger partial charge in [-0.1, -0.05) is 31.0 Å². The van der Waals surface area contributed by atoms with Crippen LogP contribution in [0.15, 0.2) is 35.4 Å². The first-order valence-corrected chi connectivity index (χ1v) is 7.89. The topological polar surface area (TPSA) is 53.0 Å². The van der Waals surface area contributed by atoms with Gasteiger partial charge in [-0.25, -0.2) is 5.01 Å². The Bertz CT molecular complexity index is 591. The lowest BCUT2D eigenvalue weighted by Crippen LogP contribution is -2.45. The quantitative estimate of drug-likeness (QED) is 0.861. The molecule has 0 saturated heterocycles. The van der Waals surface area contributed by atoms with Crippen molar-refractivity contribution in [3.8, 4) is 0 Å². The van der Waals surface area contributed by atoms with Crippen molar-refractivity contribution in [3.63, 3.8) is 0 Å². The van der Waals surface area contributed by atoms with Crippen molar-refractivity contribution in [1.29, 1.82) is 0 Å². The molecule has 2 aliphatic rings. The number of anilines is 1. The summed E-state index contributed by atoms with van der Waals surface area (Å²) in [6.45, 7) is 0. The summed E-state index contributed by atoms with van der Waals surface area (Å²) >= 11 is 0. The Morgan fingerprint density at radius 3 is 2.50 bits per heavy atom. The molecule has 1 heterocycles. The van der Waals surface area contributed by atoms with Crippen LogP contribution >= 0.6 is 0 Å². The van der Waals surface area contributed by atoms with Crippen molar-refractivity contribution in [2.45, 2.75) is 44.6 Å². The van der Waals surface area contributed by atoms with Gasteiger partial charge >= 0.3 is 0 Å². The molecular formula is C17H21N3O2. The van der Waals surface area contributed by atoms with Crippen LogP contribution in [-0.2, 0) is 9.59 Å². The number of benzene rings is 1. The average Bonchev–Trinajstić information content (AvgIpc) is 3.05. The molecule has 1 aliphatic carbocycles. The van der Waals surface area contributed by atoms with Crippen LogP contribution in [0.4, 0.5) is 5.69 Å². The molecule has 116 valence electrons. The monoisotopic (exact) mass is 299 g/mol. The molecule has 0 radical (unpaired) electrons. The molecular weight excluding hydrogens is 278 g/mol. The highest BCUT2D eigenvalue weighted by Crippen LogP contribution is 2.29. The van der Waals surface area contributed by atoms with Crippen LogP contribution in [0.5, 0.6) is 0 Å². The minimum absolute atomic E-state index is 0.0383. The van der Waals surface area contributed by atoms with E-state index >= 15 is 0 Å². The first-order chi connectivity index (χ1) is 10.7. The summed E-state index contributed by atoms with van der Waals surface area (Å²) in [4.78, 5) is 26.4. The molecule has 0 unspecified atom stereocenters. The van der Waals surface area contributed by atoms with E-state index in [4.69, 9.17) is 0 Å². The molecule has 1 aliphatic heterocycles. The molecule has 0 atom stereocenters. The molecule has 22 heavy (non-hydrogen) atoms. The minimum atomic E-state index is -0.0579. The van der Waals surface area contributed by atoms with Gasteiger partial charge in [0.05, 0.1) is 0 Å². The number of carbonyl (C=O) groups is 2. The Morgan fingerprint density at radius 1 is 1.18 bits per heavy atom. The smallest absolute Gasteiger partial charge is 0.274 e. The minimum Gasteiger partial charge on any atom is -0.304 e. The van der Waals surface area contributed by atoms with Crippen LogP contribution in [0.3, 0.4) is 0 Å². The maximum absolute atomic E-state index is 13.0. The number of hydrogen-bond donors (Lipinski definition) is 0. The average molecular weight is 299 g/mol. The highest BCUT2D eigenvalue weighted by atomic mass is 16.2. The van der Waals surface area contributed by atoms with Crippen molar-refractivity contribution in [2.75, 3.05) is 11.9 Å². The Labute approximate surface area is 130 Å². The molecule has 5 heteroatoms. The number of hydrazone groups is 1. The molecule has 0 bridgehead atoms. The van der Waals surface area contributed by atoms with E-state index in [1.54, 1.807) is 7.05 Å². The lowest BCUT2D eigenvalue weighted by atomic mass is 10.1. The number of hydrogen-bond acceptors (Lipinski definition) is 3. The van der Waals surface area contributed by atoms with E-state index in [0.29, 0.717) is 18.6 Å². The molecule has 5 nitrogen and oxygen atoms in total. The largest absolute Gasteiger partial charge is 0.304 e. The van der Waals surface area contributed by atoms with E-state index < -0.39 is 0 Å². The van der Waals surface area contributed by atoms with Gasteiger partial charge in [-0.15, -0.1) is 0 Å². The van der Waals surface area contributed by atoms with E-state index in [0.717, 1.165) is 31.4 Å². The Balaban J connectivity index is 1.90. The maximum atomic E-state index is 13.0. The van der Waals surface area contributed by atoms with Gasteiger partial charge in [-0.05, 0) is 25.0 Å². The zero-order valence-electron chi connectivity index (χ0n) is 12.9. The Morgan fingerprint density at radius 2 is 1.86 bits per heavy atom. The van der Waals surface area contributed by atoms with Gasteiger partial charge in [-0.2, -0.15) is 5.10 Å². The van der Waals surface area contributed by atoms with E-state index in [1.165, 1.54) is 5.01 Å². The molecule has 3 rings (SSSR count). The highest BCUT2D eigenvalue weighted by Gasteiger charge is 2.32. The predicted octanol–water partition coefficient (Wildman–Crippen LogP) is 2.57. The second-order valence-corrected chi connectivity index (χ2v) is 5.91. The number of amides is 2. The lowest BCUT2D eigenvalue weighted by molar-refractivity contribution is -0.130. The summed E-state index contributed by atoms with van der Waals surface area (Å²) in [7, 11) is 1.61. The van der Waals surface area contributed by atoms with E-state index in [9.17, 15) is 9.59 Å². The summed E-state index contributed by atoms with van der Waals surface area (Å²) < 4.78 is 0. The van der Waals surface area contributed by atoms with E-state index in [-0.39, 0.29) is 17.9 Å². The zero-order valence-corrected chi connectivity index (χ0v) is 12.9. The molecule has 2 amide bonds. The zero-order chi connectivity index (χ0) is 15.5. The second-order valence-electron chi connectivity index (χ2n) is 5.91. The Kier molecular flexibility index (Phi) is 4.22. The first kappa shape index (κ1) is 14.8. The van der Waals surface area contributed by atoms with Gasteiger partial charge in [0, 0.05) is 31.6 Å². The van der Waals surface area contributed by atoms with Gasteiger partial charge in [0.25, 0.3) is 5.91 Å². The molecule has 0 aromatic heterocycles. The summed E-state index contributed by atoms with van der Waals surface area (Å²) in [6, 6.07) is 10.0. The van der Waals surface area contributed by atoms with Gasteiger partial charge in [-0.3, -0.25) is 9.59 Å². The lowest BCUT2D eigenvalue weighted by Gasteiger charge is -2.31. The van der Waals surface area contributed by atoms with Crippen molar-refractivity contribution in [3.05, 3.63) is 30.3 Å². The van der Waals surface area contributed by atoms with Gasteiger partial charge in [0.2, 0.25) is 5.91 Å². The molecule has 1 fully saturated rings. The van der Waals surface area contributed by atoms with Gasteiger partial charge in [0.15, 0.2) is 0 Å². The third kappa shape index (κ3) is 2.89. The van der Waals surface area contributed by atoms with Gasteiger partial charge < -0.3 is 4.90 Å². The van der Waals surface area contributed by atoms with Crippen LogP contribution in [0.1, 0.15) is 38.5 Å². The number of para-hydroxylation sites is 1. The van der Waals surface area contributed by atoms with Crippen LogP contribution in [0, 0.1) is 0 Å². The summed E-state index contributed by atoms with van der Waals surface area (Å²) in [5.41, 5.74) is 1.40. The molecule has 1 saturated carbocycles. The van der Waals surface area contributed by atoms with Crippen LogP contribution < -0.4 is 4.90 Å². The predicted molar refractivity (Wildman–Crippen MR) is 85.6 cm³/mol. The molecule has 1 aromatic rings. The normalized spacial score (nSPS) is 19.2. The van der Waals surface area contributed by atoms with Crippen molar-refractivity contribution in [2.24, 2.45) is 5.10 Å². The molecule has 0 N–H and O–H groups in total. The third-order valence-electron chi connectivity index (χ3n) is 4.40. The summed E-state index contributed by atoms with van der Waals surface area (Å²) in [5, 5.41) is 5.48. The van der Waals surface area contributed by atoms with Crippen LogP contribution in [0.2, 0.25) is 0 Å². The SMILES string of the molecule is CN1N=C(C(=O)N(c2ccccc2)C2CCCC2)CCC1=O. The first-order valence-electron chi connectivity index (χ1n) is 7.89. The van der Waals surface area contributed by atoms with Crippen LogP contribution in [-0.4, -0.2) is 35.6 Å². The van der Waals surface area contributed by atoms with Crippen molar-refractivity contribution >= 4 is 23.2 Å². The highest BCUT2D eigenvalue weighted by molar-refractivity contribution is 6.44. The van der Waals surface area contributed by atoms with Crippen molar-refractivity contribution in [1.82, 2.24) is 5.01 Å². The van der Waals surface area contributed by atoms with Gasteiger partial charge in [0.1, 0.15) is 5.71 Å². The third-order valence-corrected chi connectivity index (χ3v) is 4.40. The number of nitrogens with zero attached hydrogens (tertiary/aromatic N) is 3. The second kappa shape index (κ2) is 6.30. The molecule has 1 aromatic carbocycles. The van der Waals surface area contributed by atoms with E-state index in [2.05, 4.69) is 5.10 Å². The molecule has 0 spiro atoms. The Hall–Kier alpha value is -2.17. The van der Waals surface area contributed by atoms with E-state index in [1.807, 2.05) is 35.2 Å². The maximum Gasteiger partial charge on any atom is 0.274 e. The fraction of sp³-hybridized carbons (Fsp3) is 0.471. The number of carbonyl (C=O) groups excluding carboxylic acids is 2. The van der Waals surface area contributed by atoms with Crippen LogP contribution in [0.25, 0.3) is 0 Å². The standard InChI is InChI=1S/C17H21N3O2/c1-19-16(21)12-11-15(18-19)17(22)20(14-9-5-6-10-14)13-7-3-2-4-8-13/h2-4,7-8,14H,5-6,9-12H2,1H3. The fourth-order valence-electron chi connectivity index (χ4n) is 3.21. The number of rotatable bonds is 3. The summed E-state index contributed by atoms with van der Waals surface area (Å²) in [6.07, 6.45) is 5.16. The summed E-state index contributed by atoms with van der Waals surface area (Å²) in [5.74, 6) is -0.0962.